The molecule has 0 atom stereocenters. The lowest BCUT2D eigenvalue weighted by Crippen LogP contribution is -2.20. The van der Waals surface area contributed by atoms with E-state index in [0.29, 0.717) is 10.9 Å². The minimum absolute atomic E-state index is 0.0315. The Balaban J connectivity index is 2.62. The van der Waals surface area contributed by atoms with Gasteiger partial charge >= 0.3 is 17.9 Å². The van der Waals surface area contributed by atoms with Crippen LogP contribution in [0.4, 0.5) is 0 Å². The molecule has 1 aromatic carbocycles. The smallest absolute Gasteiger partial charge is 0.339 e. The first-order valence-electron chi connectivity index (χ1n) is 9.65. The molecule has 2 aliphatic rings. The van der Waals surface area contributed by atoms with Crippen molar-refractivity contribution in [1.29, 1.82) is 0 Å². The molecule has 0 saturated heterocycles. The Morgan fingerprint density at radius 1 is 0.677 bits per heavy atom. The number of carbonyl (C=O) groups excluding carboxylic acids is 3. The van der Waals surface area contributed by atoms with Crippen LogP contribution in [0.1, 0.15) is 20.8 Å². The van der Waals surface area contributed by atoms with Gasteiger partial charge in [0.05, 0.1) is 38.0 Å². The van der Waals surface area contributed by atoms with Crippen molar-refractivity contribution in [3.63, 3.8) is 0 Å². The van der Waals surface area contributed by atoms with Crippen LogP contribution in [0.3, 0.4) is 0 Å². The Labute approximate surface area is 181 Å². The maximum atomic E-state index is 13.0. The molecule has 162 valence electrons. The number of methoxy groups -OCH3 is 3. The number of ether oxygens (including phenoxy) is 3. The van der Waals surface area contributed by atoms with Gasteiger partial charge in [-0.3, -0.25) is 0 Å². The maximum absolute atomic E-state index is 13.0. The number of benzene rings is 1. The molecule has 1 aromatic rings. The van der Waals surface area contributed by atoms with E-state index in [1.54, 1.807) is 6.92 Å². The number of hydrogen-bond acceptors (Lipinski definition) is 6. The zero-order valence-corrected chi connectivity index (χ0v) is 19.3. The minimum Gasteiger partial charge on any atom is -0.465 e. The number of carbonyl (C=O) groups is 3. The quantitative estimate of drug-likeness (QED) is 0.405. The van der Waals surface area contributed by atoms with E-state index in [-0.39, 0.29) is 16.7 Å². The summed E-state index contributed by atoms with van der Waals surface area (Å²) in [6, 6.07) is 9.77. The molecule has 0 bridgehead atoms. The summed E-state index contributed by atoms with van der Waals surface area (Å²) in [7, 11) is 3.69. The van der Waals surface area contributed by atoms with Crippen molar-refractivity contribution < 1.29 is 28.6 Å². The lowest BCUT2D eigenvalue weighted by atomic mass is 10.1. The van der Waals surface area contributed by atoms with Gasteiger partial charge in [-0.25, -0.2) is 14.4 Å². The van der Waals surface area contributed by atoms with Crippen LogP contribution in [0.15, 0.2) is 75.4 Å². The predicted molar refractivity (Wildman–Crippen MR) is 121 cm³/mol. The molecule has 0 aromatic heterocycles. The first-order chi connectivity index (χ1) is 14.7. The van der Waals surface area contributed by atoms with Crippen LogP contribution in [0.5, 0.6) is 0 Å². The Kier molecular flexibility index (Phi) is 6.23. The van der Waals surface area contributed by atoms with Crippen molar-refractivity contribution >= 4 is 35.4 Å². The highest BCUT2D eigenvalue weighted by atomic mass is 31.2. The van der Waals surface area contributed by atoms with Crippen molar-refractivity contribution in [3.05, 3.63) is 75.4 Å². The lowest BCUT2D eigenvalue weighted by molar-refractivity contribution is -0.140. The van der Waals surface area contributed by atoms with E-state index in [0.717, 1.165) is 16.5 Å². The van der Waals surface area contributed by atoms with Crippen molar-refractivity contribution in [1.82, 2.24) is 0 Å². The van der Waals surface area contributed by atoms with Crippen LogP contribution in [0, 0.1) is 0 Å². The summed E-state index contributed by atoms with van der Waals surface area (Å²) in [4.78, 5) is 38.6. The fourth-order valence-corrected chi connectivity index (χ4v) is 8.52. The largest absolute Gasteiger partial charge is 0.465 e. The molecule has 1 aliphatic carbocycles. The van der Waals surface area contributed by atoms with E-state index in [1.807, 2.05) is 44.2 Å². The summed E-state index contributed by atoms with van der Waals surface area (Å²) < 4.78 is 15.0. The van der Waals surface area contributed by atoms with Crippen LogP contribution < -0.4 is 5.30 Å². The first kappa shape index (κ1) is 22.6. The number of allylic oxidation sites excluding steroid dienone is 3. The molecule has 6 nitrogen and oxygen atoms in total. The SMILES string of the molecule is COC(=O)C1=C(C)C(=P2(c3ccccc3)C=C(C)C(C)=C2)C(C(=O)OC)=C1C(=O)OC. The minimum atomic E-state index is -2.45. The average molecular weight is 440 g/mol. The summed E-state index contributed by atoms with van der Waals surface area (Å²) in [6.45, 7) is 3.30. The average Bonchev–Trinajstić information content (AvgIpc) is 3.26. The monoisotopic (exact) mass is 440 g/mol. The number of hydrogen-bond donors (Lipinski definition) is 0. The summed E-state index contributed by atoms with van der Waals surface area (Å²) in [5.74, 6) is 2.10. The van der Waals surface area contributed by atoms with Gasteiger partial charge in [-0.1, -0.05) is 30.3 Å². The highest BCUT2D eigenvalue weighted by Crippen LogP contribution is 2.61. The van der Waals surface area contributed by atoms with Crippen LogP contribution in [0.2, 0.25) is 0 Å². The third-order valence-corrected chi connectivity index (χ3v) is 9.65. The molecule has 7 heteroatoms. The second-order valence-corrected chi connectivity index (χ2v) is 10.3. The van der Waals surface area contributed by atoms with E-state index >= 15 is 0 Å². The molecule has 1 heterocycles. The molecule has 0 amide bonds. The highest BCUT2D eigenvalue weighted by Gasteiger charge is 2.44. The molecule has 3 rings (SSSR count). The maximum Gasteiger partial charge on any atom is 0.339 e. The third-order valence-electron chi connectivity index (χ3n) is 5.61. The molecule has 0 fully saturated rings. The fourth-order valence-electron chi connectivity index (χ4n) is 4.10. The van der Waals surface area contributed by atoms with Gasteiger partial charge in [-0.2, -0.15) is 0 Å². The zero-order valence-electron chi connectivity index (χ0n) is 18.4. The topological polar surface area (TPSA) is 78.9 Å². The van der Waals surface area contributed by atoms with Crippen molar-refractivity contribution in [2.24, 2.45) is 0 Å². The summed E-state index contributed by atoms with van der Waals surface area (Å²) in [6.07, 6.45) is 0. The lowest BCUT2D eigenvalue weighted by Gasteiger charge is -2.24. The van der Waals surface area contributed by atoms with Gasteiger partial charge in [-0.15, -0.1) is 0 Å². The Morgan fingerprint density at radius 2 is 1.13 bits per heavy atom. The van der Waals surface area contributed by atoms with Crippen LogP contribution in [-0.2, 0) is 28.6 Å². The highest BCUT2D eigenvalue weighted by molar-refractivity contribution is 7.89. The summed E-state index contributed by atoms with van der Waals surface area (Å²) in [5, 5.41) is 1.61. The summed E-state index contributed by atoms with van der Waals surface area (Å²) >= 11 is 0. The zero-order chi connectivity index (χ0) is 22.9. The molecule has 0 radical (unpaired) electrons. The summed E-state index contributed by atoms with van der Waals surface area (Å²) in [5.41, 5.74) is 2.64. The van der Waals surface area contributed by atoms with Gasteiger partial charge in [-0.05, 0) is 61.3 Å². The predicted octanol–water partition coefficient (Wildman–Crippen LogP) is 3.47. The Hall–Kier alpha value is -3.11. The second-order valence-electron chi connectivity index (χ2n) is 7.31. The van der Waals surface area contributed by atoms with Crippen molar-refractivity contribution in [3.8, 4) is 0 Å². The van der Waals surface area contributed by atoms with Gasteiger partial charge in [0.1, 0.15) is 0 Å². The molecular formula is C24H25O6P. The Morgan fingerprint density at radius 3 is 1.61 bits per heavy atom. The first-order valence-corrected chi connectivity index (χ1v) is 11.6. The third kappa shape index (κ3) is 3.51. The van der Waals surface area contributed by atoms with Crippen molar-refractivity contribution in [2.45, 2.75) is 20.8 Å². The van der Waals surface area contributed by atoms with Crippen molar-refractivity contribution in [2.75, 3.05) is 21.3 Å². The van der Waals surface area contributed by atoms with Crippen LogP contribution in [0.25, 0.3) is 0 Å². The van der Waals surface area contributed by atoms with Gasteiger partial charge in [0.25, 0.3) is 0 Å². The van der Waals surface area contributed by atoms with E-state index in [1.165, 1.54) is 21.3 Å². The normalized spacial score (nSPS) is 17.4. The van der Waals surface area contributed by atoms with Gasteiger partial charge in [0, 0.05) is 5.29 Å². The van der Waals surface area contributed by atoms with Crippen LogP contribution in [-0.4, -0.2) is 44.5 Å². The van der Waals surface area contributed by atoms with E-state index in [2.05, 4.69) is 11.6 Å². The number of rotatable bonds is 4. The molecule has 31 heavy (non-hydrogen) atoms. The Bertz CT molecular complexity index is 1140. The van der Waals surface area contributed by atoms with E-state index in [9.17, 15) is 14.4 Å². The molecule has 0 unspecified atom stereocenters. The van der Waals surface area contributed by atoms with Crippen LogP contribution >= 0.6 is 6.89 Å². The molecule has 0 saturated carbocycles. The van der Waals surface area contributed by atoms with Gasteiger partial charge in [0.2, 0.25) is 0 Å². The molecular weight excluding hydrogens is 415 g/mol. The fraction of sp³-hybridized carbons (Fsp3) is 0.250. The van der Waals surface area contributed by atoms with Gasteiger partial charge < -0.3 is 14.2 Å². The van der Waals surface area contributed by atoms with Gasteiger partial charge in [0.15, 0.2) is 0 Å². The standard InChI is InChI=1S/C24H25O6P/c1-14-12-31(13-15(14)2,17-10-8-7-9-11-17)21-16(3)18(22(25)28-4)19(23(26)29-5)20(21)24(27)30-6/h7-13H,1-6H3. The number of esters is 3. The van der Waals surface area contributed by atoms with E-state index in [4.69, 9.17) is 14.2 Å². The second kappa shape index (κ2) is 8.56. The van der Waals surface area contributed by atoms with E-state index < -0.39 is 24.8 Å². The molecule has 0 N–H and O–H groups in total. The molecule has 0 spiro atoms. The molecule has 1 aliphatic heterocycles.